The molecule has 0 aliphatic heterocycles. The average Bonchev–Trinajstić information content (AvgIpc) is 2.08. The molecule has 14 heavy (non-hydrogen) atoms. The van der Waals surface area contributed by atoms with E-state index in [9.17, 15) is 0 Å². The van der Waals surface area contributed by atoms with E-state index < -0.39 is 8.07 Å². The summed E-state index contributed by atoms with van der Waals surface area (Å²) in [4.78, 5) is 0. The number of hydrogen-bond donors (Lipinski definition) is 0. The van der Waals surface area contributed by atoms with Gasteiger partial charge in [0.15, 0.2) is 0 Å². The van der Waals surface area contributed by atoms with Gasteiger partial charge in [0.05, 0.1) is 0 Å². The van der Waals surface area contributed by atoms with Crippen LogP contribution in [0.5, 0.6) is 0 Å². The molecule has 0 amide bonds. The Morgan fingerprint density at radius 3 is 2.21 bits per heavy atom. The first-order valence-corrected chi connectivity index (χ1v) is 9.82. The molecule has 0 N–H and O–H groups in total. The minimum atomic E-state index is -0.851. The van der Waals surface area contributed by atoms with Gasteiger partial charge in [-0.15, -0.1) is 0 Å². The van der Waals surface area contributed by atoms with Gasteiger partial charge in [-0.05, 0) is 25.8 Å². The Morgan fingerprint density at radius 1 is 1.07 bits per heavy atom. The first kappa shape index (κ1) is 14.0. The van der Waals surface area contributed by atoms with Gasteiger partial charge in [0.25, 0.3) is 0 Å². The molecule has 0 fully saturated rings. The maximum atomic E-state index is 2.48. The average molecular weight is 212 g/mol. The molecule has 0 aromatic rings. The SMILES string of the molecule is CCCCCC/C(C)=C/C[Si](C)(C)C. The van der Waals surface area contributed by atoms with Crippen molar-refractivity contribution in [3.05, 3.63) is 11.6 Å². The largest absolute Gasteiger partial charge is 0.0883 e. The lowest BCUT2D eigenvalue weighted by atomic mass is 10.1. The van der Waals surface area contributed by atoms with Gasteiger partial charge < -0.3 is 0 Å². The van der Waals surface area contributed by atoms with E-state index in [1.807, 2.05) is 0 Å². The Morgan fingerprint density at radius 2 is 1.71 bits per heavy atom. The summed E-state index contributed by atoms with van der Waals surface area (Å²) in [5.74, 6) is 0. The maximum absolute atomic E-state index is 2.48. The van der Waals surface area contributed by atoms with Gasteiger partial charge in [-0.2, -0.15) is 0 Å². The highest BCUT2D eigenvalue weighted by molar-refractivity contribution is 6.76. The van der Waals surface area contributed by atoms with Crippen molar-refractivity contribution in [1.29, 1.82) is 0 Å². The molecule has 0 bridgehead atoms. The van der Waals surface area contributed by atoms with Crippen LogP contribution in [0.4, 0.5) is 0 Å². The second kappa shape index (κ2) is 7.28. The Bertz CT molecular complexity index is 163. The van der Waals surface area contributed by atoms with Crippen LogP contribution in [0.25, 0.3) is 0 Å². The zero-order valence-electron chi connectivity index (χ0n) is 10.8. The quantitative estimate of drug-likeness (QED) is 0.307. The molecule has 0 heterocycles. The molecule has 0 unspecified atom stereocenters. The fraction of sp³-hybridized carbons (Fsp3) is 0.846. The third-order valence-electron chi connectivity index (χ3n) is 2.49. The van der Waals surface area contributed by atoms with Gasteiger partial charge in [-0.3, -0.25) is 0 Å². The molecule has 1 heteroatoms. The predicted molar refractivity (Wildman–Crippen MR) is 70.7 cm³/mol. The van der Waals surface area contributed by atoms with E-state index in [0.29, 0.717) is 0 Å². The third kappa shape index (κ3) is 10.0. The third-order valence-corrected chi connectivity index (χ3v) is 3.92. The van der Waals surface area contributed by atoms with Crippen molar-refractivity contribution in [2.45, 2.75) is 71.6 Å². The van der Waals surface area contributed by atoms with Crippen LogP contribution < -0.4 is 0 Å². The standard InChI is InChI=1S/C13H28Si/c1-6-7-8-9-10-13(2)11-12-14(3,4)5/h11H,6-10,12H2,1-5H3/b13-11+. The van der Waals surface area contributed by atoms with E-state index in [1.54, 1.807) is 5.57 Å². The van der Waals surface area contributed by atoms with Crippen molar-refractivity contribution >= 4 is 8.07 Å². The summed E-state index contributed by atoms with van der Waals surface area (Å²) < 4.78 is 0. The fourth-order valence-electron chi connectivity index (χ4n) is 1.41. The minimum absolute atomic E-state index is 0.851. The second-order valence-corrected chi connectivity index (χ2v) is 11.2. The van der Waals surface area contributed by atoms with Crippen LogP contribution in [0.2, 0.25) is 25.7 Å². The normalized spacial score (nSPS) is 13.4. The first-order valence-electron chi connectivity index (χ1n) is 6.11. The van der Waals surface area contributed by atoms with Gasteiger partial charge >= 0.3 is 0 Å². The van der Waals surface area contributed by atoms with Crippen LogP contribution in [-0.2, 0) is 0 Å². The minimum Gasteiger partial charge on any atom is -0.0883 e. The van der Waals surface area contributed by atoms with Crippen molar-refractivity contribution < 1.29 is 0 Å². The summed E-state index contributed by atoms with van der Waals surface area (Å²) in [6.45, 7) is 11.9. The lowest BCUT2D eigenvalue weighted by molar-refractivity contribution is 0.664. The maximum Gasteiger partial charge on any atom is 0.0480 e. The summed E-state index contributed by atoms with van der Waals surface area (Å²) in [5, 5.41) is 0. The van der Waals surface area contributed by atoms with Crippen LogP contribution in [0.3, 0.4) is 0 Å². The van der Waals surface area contributed by atoms with Gasteiger partial charge in [0.2, 0.25) is 0 Å². The predicted octanol–water partition coefficient (Wildman–Crippen LogP) is 5.24. The van der Waals surface area contributed by atoms with E-state index in [1.165, 1.54) is 38.1 Å². The van der Waals surface area contributed by atoms with E-state index in [0.717, 1.165) is 0 Å². The molecule has 0 aliphatic carbocycles. The highest BCUT2D eigenvalue weighted by Gasteiger charge is 2.09. The lowest BCUT2D eigenvalue weighted by Crippen LogP contribution is -2.17. The molecule has 0 saturated heterocycles. The van der Waals surface area contributed by atoms with Crippen molar-refractivity contribution in [3.63, 3.8) is 0 Å². The number of rotatable bonds is 7. The van der Waals surface area contributed by atoms with Crippen LogP contribution in [-0.4, -0.2) is 8.07 Å². The smallest absolute Gasteiger partial charge is 0.0480 e. The van der Waals surface area contributed by atoms with Crippen LogP contribution in [0.1, 0.15) is 46.0 Å². The Kier molecular flexibility index (Phi) is 7.25. The van der Waals surface area contributed by atoms with E-state index >= 15 is 0 Å². The topological polar surface area (TPSA) is 0 Å². The summed E-state index contributed by atoms with van der Waals surface area (Å²) in [6.07, 6.45) is 9.36. The van der Waals surface area contributed by atoms with E-state index in [-0.39, 0.29) is 0 Å². The zero-order valence-corrected chi connectivity index (χ0v) is 11.8. The number of hydrogen-bond acceptors (Lipinski definition) is 0. The molecular weight excluding hydrogens is 184 g/mol. The van der Waals surface area contributed by atoms with Gasteiger partial charge in [0.1, 0.15) is 0 Å². The van der Waals surface area contributed by atoms with E-state index in [4.69, 9.17) is 0 Å². The van der Waals surface area contributed by atoms with Crippen molar-refractivity contribution in [2.24, 2.45) is 0 Å². The molecule has 0 spiro atoms. The zero-order chi connectivity index (χ0) is 11.0. The lowest BCUT2D eigenvalue weighted by Gasteiger charge is -2.13. The summed E-state index contributed by atoms with van der Waals surface area (Å²) in [7, 11) is -0.851. The second-order valence-electron chi connectivity index (χ2n) is 5.63. The fourth-order valence-corrected chi connectivity index (χ4v) is 2.37. The van der Waals surface area contributed by atoms with E-state index in [2.05, 4.69) is 39.6 Å². The summed E-state index contributed by atoms with van der Waals surface area (Å²) >= 11 is 0. The first-order chi connectivity index (χ1) is 6.45. The van der Waals surface area contributed by atoms with Crippen LogP contribution >= 0.6 is 0 Å². The number of allylic oxidation sites excluding steroid dienone is 2. The molecule has 0 nitrogen and oxygen atoms in total. The Balaban J connectivity index is 3.57. The Labute approximate surface area is 91.8 Å². The molecule has 0 aromatic heterocycles. The van der Waals surface area contributed by atoms with Crippen LogP contribution in [0, 0.1) is 0 Å². The van der Waals surface area contributed by atoms with Crippen molar-refractivity contribution in [1.82, 2.24) is 0 Å². The van der Waals surface area contributed by atoms with Crippen molar-refractivity contribution in [3.8, 4) is 0 Å². The summed E-state index contributed by atoms with van der Waals surface area (Å²) in [6, 6.07) is 1.35. The molecule has 0 rings (SSSR count). The van der Waals surface area contributed by atoms with Gasteiger partial charge in [-0.25, -0.2) is 0 Å². The molecule has 84 valence electrons. The number of unbranched alkanes of at least 4 members (excludes halogenated alkanes) is 3. The summed E-state index contributed by atoms with van der Waals surface area (Å²) in [5.41, 5.74) is 1.61. The van der Waals surface area contributed by atoms with Crippen LogP contribution in [0.15, 0.2) is 11.6 Å². The Hall–Kier alpha value is -0.0431. The molecule has 0 radical (unpaired) electrons. The molecular formula is C13H28Si. The van der Waals surface area contributed by atoms with Crippen molar-refractivity contribution in [2.75, 3.05) is 0 Å². The highest BCUT2D eigenvalue weighted by Crippen LogP contribution is 2.14. The molecule has 0 atom stereocenters. The van der Waals surface area contributed by atoms with Gasteiger partial charge in [-0.1, -0.05) is 57.5 Å². The molecule has 0 saturated carbocycles. The molecule has 0 aliphatic rings. The highest BCUT2D eigenvalue weighted by atomic mass is 28.3. The monoisotopic (exact) mass is 212 g/mol. The van der Waals surface area contributed by atoms with Gasteiger partial charge in [0, 0.05) is 8.07 Å². The molecule has 0 aromatic carbocycles.